The van der Waals surface area contributed by atoms with Gasteiger partial charge in [0.2, 0.25) is 0 Å². The number of hydrogen-bond acceptors (Lipinski definition) is 3. The van der Waals surface area contributed by atoms with Gasteiger partial charge in [0.05, 0.1) is 5.60 Å². The quantitative estimate of drug-likeness (QED) is 0.913. The van der Waals surface area contributed by atoms with E-state index in [1.165, 1.54) is 11.1 Å². The molecule has 1 aromatic carbocycles. The average Bonchev–Trinajstić information content (AvgIpc) is 2.42. The molecular formula is C17H28N2O. The fourth-order valence-corrected chi connectivity index (χ4v) is 3.10. The van der Waals surface area contributed by atoms with E-state index in [4.69, 9.17) is 0 Å². The summed E-state index contributed by atoms with van der Waals surface area (Å²) in [7, 11) is 0. The first-order valence-corrected chi connectivity index (χ1v) is 7.67. The van der Waals surface area contributed by atoms with Crippen LogP contribution in [0.2, 0.25) is 0 Å². The number of aliphatic hydroxyl groups is 1. The Morgan fingerprint density at radius 1 is 1.10 bits per heavy atom. The van der Waals surface area contributed by atoms with Gasteiger partial charge in [-0.25, -0.2) is 0 Å². The number of aryl methyl sites for hydroxylation is 2. The highest BCUT2D eigenvalue weighted by Gasteiger charge is 2.29. The van der Waals surface area contributed by atoms with Crippen LogP contribution in [-0.4, -0.2) is 54.2 Å². The smallest absolute Gasteiger partial charge is 0.0997 e. The van der Waals surface area contributed by atoms with E-state index in [1.807, 2.05) is 6.92 Å². The summed E-state index contributed by atoms with van der Waals surface area (Å²) in [5, 5.41) is 10.9. The predicted octanol–water partition coefficient (Wildman–Crippen LogP) is 2.15. The molecule has 112 valence electrons. The zero-order chi connectivity index (χ0) is 14.8. The van der Waals surface area contributed by atoms with Gasteiger partial charge in [0, 0.05) is 32.7 Å². The minimum absolute atomic E-state index is 0.717. The molecule has 0 bridgehead atoms. The first kappa shape index (κ1) is 15.5. The highest BCUT2D eigenvalue weighted by atomic mass is 16.3. The Bertz CT molecular complexity index is 448. The van der Waals surface area contributed by atoms with Crippen LogP contribution < -0.4 is 0 Å². The molecule has 1 aliphatic rings. The summed E-state index contributed by atoms with van der Waals surface area (Å²) in [5.74, 6) is 0. The van der Waals surface area contributed by atoms with Gasteiger partial charge in [-0.3, -0.25) is 4.90 Å². The van der Waals surface area contributed by atoms with E-state index >= 15 is 0 Å². The molecule has 1 unspecified atom stereocenters. The van der Waals surface area contributed by atoms with Crippen LogP contribution >= 0.6 is 0 Å². The van der Waals surface area contributed by atoms with Crippen LogP contribution in [0.25, 0.3) is 0 Å². The molecule has 3 heteroatoms. The van der Waals surface area contributed by atoms with E-state index in [0.29, 0.717) is 0 Å². The second-order valence-corrected chi connectivity index (χ2v) is 6.30. The number of hydrogen-bond donors (Lipinski definition) is 1. The lowest BCUT2D eigenvalue weighted by molar-refractivity contribution is 0.000617. The fraction of sp³-hybridized carbons (Fsp3) is 0.647. The molecule has 0 saturated carbocycles. The van der Waals surface area contributed by atoms with Gasteiger partial charge in [-0.1, -0.05) is 30.7 Å². The zero-order valence-corrected chi connectivity index (χ0v) is 13.3. The molecule has 0 radical (unpaired) electrons. The molecule has 20 heavy (non-hydrogen) atoms. The monoisotopic (exact) mass is 276 g/mol. The molecule has 0 aromatic heterocycles. The maximum absolute atomic E-state index is 10.9. The SMILES string of the molecule is CCN1CCN(CC(C)(O)c2cc(C)ccc2C)CC1. The molecule has 0 amide bonds. The largest absolute Gasteiger partial charge is 0.384 e. The van der Waals surface area contributed by atoms with E-state index in [1.54, 1.807) is 0 Å². The topological polar surface area (TPSA) is 26.7 Å². The van der Waals surface area contributed by atoms with E-state index < -0.39 is 5.60 Å². The zero-order valence-electron chi connectivity index (χ0n) is 13.3. The van der Waals surface area contributed by atoms with E-state index in [9.17, 15) is 5.11 Å². The number of likely N-dealkylation sites (N-methyl/N-ethyl adjacent to an activating group) is 1. The Balaban J connectivity index is 2.05. The number of benzene rings is 1. The fourth-order valence-electron chi connectivity index (χ4n) is 3.10. The summed E-state index contributed by atoms with van der Waals surface area (Å²) in [4.78, 5) is 4.84. The molecule has 1 aliphatic heterocycles. The van der Waals surface area contributed by atoms with Crippen LogP contribution in [0.5, 0.6) is 0 Å². The molecule has 0 aliphatic carbocycles. The van der Waals surface area contributed by atoms with Crippen LogP contribution in [0.3, 0.4) is 0 Å². The Labute approximate surface area is 123 Å². The Morgan fingerprint density at radius 2 is 1.70 bits per heavy atom. The summed E-state index contributed by atoms with van der Waals surface area (Å²) in [6.45, 7) is 14.5. The van der Waals surface area contributed by atoms with Crippen LogP contribution in [0.1, 0.15) is 30.5 Å². The van der Waals surface area contributed by atoms with Crippen LogP contribution in [0.15, 0.2) is 18.2 Å². The van der Waals surface area contributed by atoms with Crippen LogP contribution in [0.4, 0.5) is 0 Å². The summed E-state index contributed by atoms with van der Waals surface area (Å²) < 4.78 is 0. The number of nitrogens with zero attached hydrogens (tertiary/aromatic N) is 2. The van der Waals surface area contributed by atoms with Crippen molar-refractivity contribution in [2.24, 2.45) is 0 Å². The molecule has 1 aromatic rings. The summed E-state index contributed by atoms with van der Waals surface area (Å²) in [5.41, 5.74) is 2.68. The van der Waals surface area contributed by atoms with Crippen LogP contribution in [0, 0.1) is 13.8 Å². The number of piperazine rings is 1. The van der Waals surface area contributed by atoms with Crippen molar-refractivity contribution in [2.75, 3.05) is 39.3 Å². The highest BCUT2D eigenvalue weighted by Crippen LogP contribution is 2.26. The second-order valence-electron chi connectivity index (χ2n) is 6.30. The average molecular weight is 276 g/mol. The lowest BCUT2D eigenvalue weighted by Gasteiger charge is -2.38. The molecule has 1 atom stereocenters. The third-order valence-electron chi connectivity index (χ3n) is 4.42. The molecule has 0 spiro atoms. The van der Waals surface area contributed by atoms with Gasteiger partial charge in [-0.15, -0.1) is 0 Å². The van der Waals surface area contributed by atoms with Gasteiger partial charge in [0.25, 0.3) is 0 Å². The van der Waals surface area contributed by atoms with E-state index in [2.05, 4.69) is 48.8 Å². The Morgan fingerprint density at radius 3 is 2.30 bits per heavy atom. The van der Waals surface area contributed by atoms with Gasteiger partial charge in [0.1, 0.15) is 0 Å². The van der Waals surface area contributed by atoms with E-state index in [-0.39, 0.29) is 0 Å². The molecule has 1 N–H and O–H groups in total. The van der Waals surface area contributed by atoms with Crippen molar-refractivity contribution < 1.29 is 5.11 Å². The first-order chi connectivity index (χ1) is 9.42. The first-order valence-electron chi connectivity index (χ1n) is 7.67. The van der Waals surface area contributed by atoms with Crippen LogP contribution in [-0.2, 0) is 5.60 Å². The molecular weight excluding hydrogens is 248 g/mol. The normalized spacial score (nSPS) is 20.9. The Kier molecular flexibility index (Phi) is 4.84. The predicted molar refractivity (Wildman–Crippen MR) is 84.0 cm³/mol. The third kappa shape index (κ3) is 3.60. The number of rotatable bonds is 4. The maximum Gasteiger partial charge on any atom is 0.0997 e. The summed E-state index contributed by atoms with van der Waals surface area (Å²) in [6, 6.07) is 6.33. The second kappa shape index (κ2) is 6.25. The van der Waals surface area contributed by atoms with E-state index in [0.717, 1.165) is 44.8 Å². The lowest BCUT2D eigenvalue weighted by atomic mass is 9.90. The van der Waals surface area contributed by atoms with Gasteiger partial charge in [-0.2, -0.15) is 0 Å². The molecule has 1 heterocycles. The third-order valence-corrected chi connectivity index (χ3v) is 4.42. The molecule has 1 fully saturated rings. The van der Waals surface area contributed by atoms with Crippen molar-refractivity contribution in [2.45, 2.75) is 33.3 Å². The summed E-state index contributed by atoms with van der Waals surface area (Å²) in [6.07, 6.45) is 0. The van der Waals surface area contributed by atoms with Crippen molar-refractivity contribution in [3.8, 4) is 0 Å². The van der Waals surface area contributed by atoms with Gasteiger partial charge >= 0.3 is 0 Å². The van der Waals surface area contributed by atoms with Gasteiger partial charge in [0.15, 0.2) is 0 Å². The summed E-state index contributed by atoms with van der Waals surface area (Å²) >= 11 is 0. The van der Waals surface area contributed by atoms with Crippen molar-refractivity contribution in [1.29, 1.82) is 0 Å². The van der Waals surface area contributed by atoms with Gasteiger partial charge in [-0.05, 0) is 38.4 Å². The maximum atomic E-state index is 10.9. The lowest BCUT2D eigenvalue weighted by Crippen LogP contribution is -2.50. The highest BCUT2D eigenvalue weighted by molar-refractivity contribution is 5.34. The number of β-amino-alcohol motifs (C(OH)–C–C–N with tert-alkyl or cyclic N) is 1. The minimum Gasteiger partial charge on any atom is -0.384 e. The van der Waals surface area contributed by atoms with Crippen molar-refractivity contribution >= 4 is 0 Å². The molecule has 2 rings (SSSR count). The standard InChI is InChI=1S/C17H28N2O/c1-5-18-8-10-19(11-9-18)13-17(4,20)16-12-14(2)6-7-15(16)3/h6-7,12,20H,5,8-11,13H2,1-4H3. The molecule has 3 nitrogen and oxygen atoms in total. The minimum atomic E-state index is -0.773. The van der Waals surface area contributed by atoms with Crippen molar-refractivity contribution in [3.05, 3.63) is 34.9 Å². The Hall–Kier alpha value is -0.900. The van der Waals surface area contributed by atoms with Crippen molar-refractivity contribution in [1.82, 2.24) is 9.80 Å². The van der Waals surface area contributed by atoms with Gasteiger partial charge < -0.3 is 10.0 Å². The van der Waals surface area contributed by atoms with Crippen molar-refractivity contribution in [3.63, 3.8) is 0 Å². The molecule has 1 saturated heterocycles.